The molecule has 9 nitrogen and oxygen atoms in total. The fraction of sp³-hybridized carbons (Fsp3) is 0.185. The van der Waals surface area contributed by atoms with Crippen molar-refractivity contribution in [3.63, 3.8) is 0 Å². The monoisotopic (exact) mass is 491 g/mol. The van der Waals surface area contributed by atoms with Crippen molar-refractivity contribution in [3.8, 4) is 23.0 Å². The van der Waals surface area contributed by atoms with Crippen LogP contribution >= 0.6 is 0 Å². The highest BCUT2D eigenvalue weighted by atomic mass is 16.5. The van der Waals surface area contributed by atoms with E-state index in [1.165, 1.54) is 27.4 Å². The molecule has 0 aliphatic heterocycles. The summed E-state index contributed by atoms with van der Waals surface area (Å²) < 4.78 is 21.5. The van der Waals surface area contributed by atoms with Crippen LogP contribution in [0.1, 0.15) is 11.1 Å². The smallest absolute Gasteiger partial charge is 0.258 e. The molecule has 2 amide bonds. The minimum Gasteiger partial charge on any atom is -0.493 e. The number of rotatable bonds is 11. The summed E-state index contributed by atoms with van der Waals surface area (Å²) in [4.78, 5) is 24.4. The van der Waals surface area contributed by atoms with Gasteiger partial charge < -0.3 is 35.3 Å². The molecule has 3 aromatic rings. The zero-order valence-electron chi connectivity index (χ0n) is 20.4. The van der Waals surface area contributed by atoms with Gasteiger partial charge >= 0.3 is 0 Å². The highest BCUT2D eigenvalue weighted by Crippen LogP contribution is 2.38. The zero-order valence-corrected chi connectivity index (χ0v) is 20.4. The fourth-order valence-electron chi connectivity index (χ4n) is 3.27. The Morgan fingerprint density at radius 1 is 0.917 bits per heavy atom. The van der Waals surface area contributed by atoms with Gasteiger partial charge in [-0.05, 0) is 53.6 Å². The van der Waals surface area contributed by atoms with Gasteiger partial charge in [-0.2, -0.15) is 0 Å². The van der Waals surface area contributed by atoms with E-state index in [1.54, 1.807) is 66.7 Å². The van der Waals surface area contributed by atoms with Crippen LogP contribution in [0.15, 0.2) is 66.7 Å². The first kappa shape index (κ1) is 26.0. The maximum atomic E-state index is 12.3. The molecular weight excluding hydrogens is 462 g/mol. The molecule has 188 valence electrons. The van der Waals surface area contributed by atoms with Gasteiger partial charge in [0.15, 0.2) is 18.1 Å². The number of nitrogen functional groups attached to an aromatic ring is 1. The number of benzene rings is 3. The topological polar surface area (TPSA) is 121 Å². The molecule has 9 heteroatoms. The van der Waals surface area contributed by atoms with Crippen LogP contribution < -0.4 is 35.3 Å². The molecule has 0 aromatic heterocycles. The molecule has 4 N–H and O–H groups in total. The lowest BCUT2D eigenvalue weighted by atomic mass is 10.1. The largest absolute Gasteiger partial charge is 0.493 e. The van der Waals surface area contributed by atoms with Crippen molar-refractivity contribution in [2.75, 3.05) is 39.0 Å². The Balaban J connectivity index is 1.48. The first-order chi connectivity index (χ1) is 17.4. The van der Waals surface area contributed by atoms with Crippen LogP contribution in [0, 0.1) is 0 Å². The molecule has 0 bridgehead atoms. The maximum Gasteiger partial charge on any atom is 0.258 e. The molecule has 3 aromatic carbocycles. The number of nitrogens with two attached hydrogens (primary N) is 1. The van der Waals surface area contributed by atoms with Gasteiger partial charge in [0.2, 0.25) is 11.7 Å². The minimum absolute atomic E-state index is 0.152. The van der Waals surface area contributed by atoms with Crippen molar-refractivity contribution < 1.29 is 28.5 Å². The van der Waals surface area contributed by atoms with Gasteiger partial charge in [0.1, 0.15) is 5.75 Å². The SMILES string of the molecule is COc1cc(CNC(=O)COc2ccc(/C=C/C(=O)Nc3ccccc3N)cc2)cc(OC)c1OC. The van der Waals surface area contributed by atoms with E-state index in [1.807, 2.05) is 0 Å². The van der Waals surface area contributed by atoms with E-state index in [4.69, 9.17) is 24.7 Å². The van der Waals surface area contributed by atoms with Crippen LogP contribution in [-0.2, 0) is 16.1 Å². The molecule has 0 unspecified atom stereocenters. The van der Waals surface area contributed by atoms with Crippen LogP contribution in [0.5, 0.6) is 23.0 Å². The Bertz CT molecular complexity index is 1200. The fourth-order valence-corrected chi connectivity index (χ4v) is 3.27. The molecule has 0 atom stereocenters. The summed E-state index contributed by atoms with van der Waals surface area (Å²) in [5.41, 5.74) is 8.46. The van der Waals surface area contributed by atoms with Crippen molar-refractivity contribution in [3.05, 3.63) is 77.9 Å². The molecular formula is C27H29N3O6. The molecule has 0 aliphatic rings. The third-order valence-electron chi connectivity index (χ3n) is 5.11. The van der Waals surface area contributed by atoms with Gasteiger partial charge in [-0.15, -0.1) is 0 Å². The van der Waals surface area contributed by atoms with E-state index >= 15 is 0 Å². The normalized spacial score (nSPS) is 10.5. The van der Waals surface area contributed by atoms with Gasteiger partial charge in [0.05, 0.1) is 32.7 Å². The Labute approximate surface area is 209 Å². The second-order valence-corrected chi connectivity index (χ2v) is 7.58. The van der Waals surface area contributed by atoms with Crippen molar-refractivity contribution in [2.24, 2.45) is 0 Å². The van der Waals surface area contributed by atoms with Crippen LogP contribution in [0.25, 0.3) is 6.08 Å². The number of para-hydroxylation sites is 2. The van der Waals surface area contributed by atoms with Gasteiger partial charge in [-0.3, -0.25) is 9.59 Å². The maximum absolute atomic E-state index is 12.3. The molecule has 0 spiro atoms. The Morgan fingerprint density at radius 3 is 2.19 bits per heavy atom. The van der Waals surface area contributed by atoms with E-state index in [0.29, 0.717) is 34.4 Å². The number of carbonyl (C=O) groups excluding carboxylic acids is 2. The predicted molar refractivity (Wildman–Crippen MR) is 138 cm³/mol. The lowest BCUT2D eigenvalue weighted by Gasteiger charge is -2.14. The third-order valence-corrected chi connectivity index (χ3v) is 5.11. The molecule has 0 saturated carbocycles. The highest BCUT2D eigenvalue weighted by molar-refractivity contribution is 6.03. The molecule has 0 heterocycles. The van der Waals surface area contributed by atoms with E-state index in [9.17, 15) is 9.59 Å². The molecule has 0 aliphatic carbocycles. The number of hydrogen-bond acceptors (Lipinski definition) is 7. The lowest BCUT2D eigenvalue weighted by molar-refractivity contribution is -0.123. The Kier molecular flexibility index (Phi) is 9.16. The van der Waals surface area contributed by atoms with Crippen LogP contribution in [-0.4, -0.2) is 39.8 Å². The first-order valence-corrected chi connectivity index (χ1v) is 11.1. The van der Waals surface area contributed by atoms with Crippen molar-refractivity contribution >= 4 is 29.3 Å². The lowest BCUT2D eigenvalue weighted by Crippen LogP contribution is -2.28. The van der Waals surface area contributed by atoms with Crippen molar-refractivity contribution in [1.82, 2.24) is 5.32 Å². The van der Waals surface area contributed by atoms with Crippen molar-refractivity contribution in [2.45, 2.75) is 6.54 Å². The first-order valence-electron chi connectivity index (χ1n) is 11.1. The minimum atomic E-state index is -0.294. The predicted octanol–water partition coefficient (Wildman–Crippen LogP) is 3.64. The summed E-state index contributed by atoms with van der Waals surface area (Å²) in [6, 6.07) is 17.6. The Morgan fingerprint density at radius 2 is 1.58 bits per heavy atom. The average Bonchev–Trinajstić information content (AvgIpc) is 2.90. The Hall–Kier alpha value is -4.66. The zero-order chi connectivity index (χ0) is 25.9. The van der Waals surface area contributed by atoms with Gasteiger partial charge in [0, 0.05) is 12.6 Å². The number of ether oxygens (including phenoxy) is 4. The van der Waals surface area contributed by atoms with Crippen molar-refractivity contribution in [1.29, 1.82) is 0 Å². The third kappa shape index (κ3) is 7.17. The van der Waals surface area contributed by atoms with E-state index in [-0.39, 0.29) is 25.0 Å². The van der Waals surface area contributed by atoms with Gasteiger partial charge in [-0.25, -0.2) is 0 Å². The summed E-state index contributed by atoms with van der Waals surface area (Å²) in [5, 5.41) is 5.52. The van der Waals surface area contributed by atoms with E-state index in [0.717, 1.165) is 11.1 Å². The number of anilines is 2. The van der Waals surface area contributed by atoms with E-state index in [2.05, 4.69) is 10.6 Å². The second-order valence-electron chi connectivity index (χ2n) is 7.58. The number of hydrogen-bond donors (Lipinski definition) is 3. The van der Waals surface area contributed by atoms with Crippen LogP contribution in [0.4, 0.5) is 11.4 Å². The second kappa shape index (κ2) is 12.7. The highest BCUT2D eigenvalue weighted by Gasteiger charge is 2.13. The van der Waals surface area contributed by atoms with Gasteiger partial charge in [-0.1, -0.05) is 24.3 Å². The molecule has 3 rings (SSSR count). The molecule has 36 heavy (non-hydrogen) atoms. The number of nitrogens with one attached hydrogen (secondary N) is 2. The summed E-state index contributed by atoms with van der Waals surface area (Å²) in [5.74, 6) is 1.44. The van der Waals surface area contributed by atoms with Crippen LogP contribution in [0.3, 0.4) is 0 Å². The van der Waals surface area contributed by atoms with Crippen LogP contribution in [0.2, 0.25) is 0 Å². The van der Waals surface area contributed by atoms with Gasteiger partial charge in [0.25, 0.3) is 5.91 Å². The number of amides is 2. The quantitative estimate of drug-likeness (QED) is 0.277. The molecule has 0 saturated heterocycles. The standard InChI is InChI=1S/C27H29N3O6/c1-33-23-14-19(15-24(34-2)27(23)35-3)16-29-26(32)17-36-20-11-8-18(9-12-20)10-13-25(31)30-22-7-5-4-6-21(22)28/h4-15H,16-17,28H2,1-3H3,(H,29,32)(H,30,31)/b13-10+. The number of carbonyl (C=O) groups is 2. The summed E-state index contributed by atoms with van der Waals surface area (Å²) >= 11 is 0. The summed E-state index contributed by atoms with van der Waals surface area (Å²) in [6.07, 6.45) is 3.08. The summed E-state index contributed by atoms with van der Waals surface area (Å²) in [7, 11) is 4.59. The average molecular weight is 492 g/mol. The molecule has 0 fully saturated rings. The number of methoxy groups -OCH3 is 3. The van der Waals surface area contributed by atoms with E-state index < -0.39 is 0 Å². The molecule has 0 radical (unpaired) electrons. The summed E-state index contributed by atoms with van der Waals surface area (Å²) in [6.45, 7) is 0.111.